The number of rotatable bonds is 4. The third-order valence-electron chi connectivity index (χ3n) is 3.31. The fraction of sp³-hybridized carbons (Fsp3) is 0.188. The lowest BCUT2D eigenvalue weighted by Gasteiger charge is -2.11. The van der Waals surface area contributed by atoms with Gasteiger partial charge in [0.05, 0.1) is 25.5 Å². The molecule has 0 saturated carbocycles. The number of nitrogens with one attached hydrogen (secondary N) is 2. The Hall–Kier alpha value is -2.23. The summed E-state index contributed by atoms with van der Waals surface area (Å²) in [5.74, 6) is -1.82. The molecule has 0 bridgehead atoms. The number of hydrogen-bond acceptors (Lipinski definition) is 6. The van der Waals surface area contributed by atoms with Crippen LogP contribution in [0.2, 0.25) is 5.02 Å². The number of ether oxygens (including phenoxy) is 2. The van der Waals surface area contributed by atoms with Gasteiger partial charge in [0.1, 0.15) is 15.7 Å². The highest BCUT2D eigenvalue weighted by Gasteiger charge is 2.26. The molecule has 0 aliphatic carbocycles. The first kappa shape index (κ1) is 20.1. The van der Waals surface area contributed by atoms with E-state index in [2.05, 4.69) is 10.6 Å². The number of methoxy groups -OCH3 is 2. The van der Waals surface area contributed by atoms with Crippen LogP contribution in [-0.4, -0.2) is 31.3 Å². The van der Waals surface area contributed by atoms with Crippen molar-refractivity contribution in [3.05, 3.63) is 45.0 Å². The van der Waals surface area contributed by atoms with Crippen LogP contribution in [0.4, 0.5) is 15.1 Å². The Balaban J connectivity index is 2.31. The van der Waals surface area contributed by atoms with E-state index in [1.54, 1.807) is 6.92 Å². The molecule has 2 N–H and O–H groups in total. The summed E-state index contributed by atoms with van der Waals surface area (Å²) in [6.07, 6.45) is 0. The van der Waals surface area contributed by atoms with E-state index in [9.17, 15) is 14.0 Å². The van der Waals surface area contributed by atoms with Gasteiger partial charge in [-0.3, -0.25) is 0 Å². The molecule has 2 rings (SSSR count). The van der Waals surface area contributed by atoms with Gasteiger partial charge in [0.15, 0.2) is 5.11 Å². The molecule has 1 heterocycles. The van der Waals surface area contributed by atoms with Crippen LogP contribution in [0.3, 0.4) is 0 Å². The van der Waals surface area contributed by atoms with E-state index in [1.807, 2.05) is 0 Å². The minimum atomic E-state index is -0.642. The number of esters is 2. The lowest BCUT2D eigenvalue weighted by molar-refractivity contribution is 0.0601. The molecular weight excluding hydrogens is 403 g/mol. The number of hydrogen-bond donors (Lipinski definition) is 2. The highest BCUT2D eigenvalue weighted by Crippen LogP contribution is 2.34. The summed E-state index contributed by atoms with van der Waals surface area (Å²) in [4.78, 5) is 24.2. The fourth-order valence-corrected chi connectivity index (χ4v) is 3.64. The van der Waals surface area contributed by atoms with Gasteiger partial charge >= 0.3 is 11.9 Å². The van der Waals surface area contributed by atoms with E-state index < -0.39 is 17.8 Å². The zero-order valence-corrected chi connectivity index (χ0v) is 16.3. The van der Waals surface area contributed by atoms with Crippen molar-refractivity contribution < 1.29 is 23.5 Å². The van der Waals surface area contributed by atoms with Crippen molar-refractivity contribution in [2.75, 3.05) is 24.9 Å². The number of benzene rings is 1. The Labute approximate surface area is 163 Å². The van der Waals surface area contributed by atoms with Gasteiger partial charge in [0, 0.05) is 5.02 Å². The molecule has 10 heteroatoms. The number of thiophene rings is 1. The topological polar surface area (TPSA) is 76.7 Å². The Kier molecular flexibility index (Phi) is 6.52. The fourth-order valence-electron chi connectivity index (χ4n) is 2.08. The Morgan fingerprint density at radius 3 is 2.42 bits per heavy atom. The predicted octanol–water partition coefficient (Wildman–Crippen LogP) is 4.23. The van der Waals surface area contributed by atoms with E-state index in [1.165, 1.54) is 26.4 Å². The lowest BCUT2D eigenvalue weighted by atomic mass is 10.1. The van der Waals surface area contributed by atoms with Gasteiger partial charge in [0.2, 0.25) is 0 Å². The number of anilines is 2. The minimum absolute atomic E-state index is 0.0223. The molecule has 0 saturated heterocycles. The van der Waals surface area contributed by atoms with Gasteiger partial charge in [0.25, 0.3) is 0 Å². The first-order chi connectivity index (χ1) is 12.3. The SMILES string of the molecule is COC(=O)c1sc(NC(=S)Nc2ccc(Cl)cc2F)c(C(=O)OC)c1C. The molecule has 2 aromatic rings. The molecule has 0 atom stereocenters. The first-order valence-electron chi connectivity index (χ1n) is 7.11. The number of carbonyl (C=O) groups excluding carboxylic acids is 2. The normalized spacial score (nSPS) is 10.2. The van der Waals surface area contributed by atoms with Crippen LogP contribution in [0.1, 0.15) is 25.6 Å². The summed E-state index contributed by atoms with van der Waals surface area (Å²) in [6, 6.07) is 4.06. The molecule has 1 aromatic carbocycles. The maximum atomic E-state index is 13.9. The van der Waals surface area contributed by atoms with Crippen molar-refractivity contribution in [3.8, 4) is 0 Å². The van der Waals surface area contributed by atoms with Crippen molar-refractivity contribution in [2.45, 2.75) is 6.92 Å². The summed E-state index contributed by atoms with van der Waals surface area (Å²) in [5.41, 5.74) is 0.656. The van der Waals surface area contributed by atoms with Crippen LogP contribution >= 0.6 is 35.2 Å². The number of carbonyl (C=O) groups is 2. The molecule has 0 fully saturated rings. The maximum Gasteiger partial charge on any atom is 0.348 e. The lowest BCUT2D eigenvalue weighted by Crippen LogP contribution is -2.20. The molecule has 26 heavy (non-hydrogen) atoms. The molecule has 0 radical (unpaired) electrons. The third-order valence-corrected chi connectivity index (χ3v) is 4.94. The smallest absolute Gasteiger partial charge is 0.348 e. The summed E-state index contributed by atoms with van der Waals surface area (Å²) in [5, 5.41) is 6.00. The predicted molar refractivity (Wildman–Crippen MR) is 103 cm³/mol. The van der Waals surface area contributed by atoms with Crippen molar-refractivity contribution in [1.82, 2.24) is 0 Å². The highest BCUT2D eigenvalue weighted by atomic mass is 35.5. The maximum absolute atomic E-state index is 13.9. The molecule has 1 aromatic heterocycles. The van der Waals surface area contributed by atoms with Crippen molar-refractivity contribution >= 4 is 62.9 Å². The van der Waals surface area contributed by atoms with E-state index in [-0.39, 0.29) is 31.3 Å². The molecular formula is C16H14ClFN2O4S2. The van der Waals surface area contributed by atoms with Gasteiger partial charge in [-0.2, -0.15) is 0 Å². The zero-order valence-electron chi connectivity index (χ0n) is 13.9. The van der Waals surface area contributed by atoms with E-state index in [4.69, 9.17) is 33.3 Å². The van der Waals surface area contributed by atoms with Gasteiger partial charge < -0.3 is 20.1 Å². The molecule has 0 amide bonds. The average Bonchev–Trinajstić information content (AvgIpc) is 2.92. The van der Waals surface area contributed by atoms with Crippen LogP contribution in [-0.2, 0) is 9.47 Å². The largest absolute Gasteiger partial charge is 0.465 e. The van der Waals surface area contributed by atoms with Crippen LogP contribution in [0, 0.1) is 12.7 Å². The van der Waals surface area contributed by atoms with E-state index in [0.717, 1.165) is 17.4 Å². The van der Waals surface area contributed by atoms with Gasteiger partial charge in [-0.1, -0.05) is 11.6 Å². The van der Waals surface area contributed by atoms with Crippen molar-refractivity contribution in [2.24, 2.45) is 0 Å². The number of halogens is 2. The number of thiocarbonyl (C=S) groups is 1. The Morgan fingerprint density at radius 2 is 1.85 bits per heavy atom. The third kappa shape index (κ3) is 4.29. The van der Waals surface area contributed by atoms with Gasteiger partial charge in [-0.25, -0.2) is 14.0 Å². The van der Waals surface area contributed by atoms with E-state index >= 15 is 0 Å². The molecule has 6 nitrogen and oxygen atoms in total. The first-order valence-corrected chi connectivity index (χ1v) is 8.71. The summed E-state index contributed by atoms with van der Waals surface area (Å²) >= 11 is 11.8. The van der Waals surface area contributed by atoms with Crippen LogP contribution < -0.4 is 10.6 Å². The molecule has 0 spiro atoms. The van der Waals surface area contributed by atoms with E-state index in [0.29, 0.717) is 5.56 Å². The van der Waals surface area contributed by atoms with Crippen LogP contribution in [0.25, 0.3) is 0 Å². The van der Waals surface area contributed by atoms with Crippen molar-refractivity contribution in [3.63, 3.8) is 0 Å². The molecule has 0 unspecified atom stereocenters. The Bertz CT molecular complexity index is 885. The van der Waals surface area contributed by atoms with Crippen LogP contribution in [0.5, 0.6) is 0 Å². The second kappa shape index (κ2) is 8.43. The quantitative estimate of drug-likeness (QED) is 0.570. The van der Waals surface area contributed by atoms with Crippen LogP contribution in [0.15, 0.2) is 18.2 Å². The molecule has 0 aliphatic rings. The monoisotopic (exact) mass is 416 g/mol. The van der Waals surface area contributed by atoms with Gasteiger partial charge in [-0.05, 0) is 42.9 Å². The Morgan fingerprint density at radius 1 is 1.19 bits per heavy atom. The second-order valence-electron chi connectivity index (χ2n) is 4.95. The summed E-state index contributed by atoms with van der Waals surface area (Å²) in [6.45, 7) is 1.59. The van der Waals surface area contributed by atoms with Crippen molar-refractivity contribution in [1.29, 1.82) is 0 Å². The molecule has 0 aliphatic heterocycles. The highest BCUT2D eigenvalue weighted by molar-refractivity contribution is 7.80. The zero-order chi connectivity index (χ0) is 19.4. The molecule has 138 valence electrons. The second-order valence-corrected chi connectivity index (χ2v) is 6.81. The minimum Gasteiger partial charge on any atom is -0.465 e. The summed E-state index contributed by atoms with van der Waals surface area (Å²) < 4.78 is 23.3. The summed E-state index contributed by atoms with van der Waals surface area (Å²) in [7, 11) is 2.46. The average molecular weight is 417 g/mol. The van der Waals surface area contributed by atoms with Gasteiger partial charge in [-0.15, -0.1) is 11.3 Å². The standard InChI is InChI=1S/C16H14ClFN2O4S2/c1-7-11(14(21)23-2)13(26-12(7)15(22)24-3)20-16(25)19-10-5-4-8(17)6-9(10)18/h4-6H,1-3H3,(H2,19,20,25).